The molecule has 4 N–H and O–H groups in total. The van der Waals surface area contributed by atoms with E-state index in [4.69, 9.17) is 16.0 Å². The fourth-order valence-electron chi connectivity index (χ4n) is 2.07. The summed E-state index contributed by atoms with van der Waals surface area (Å²) in [6.07, 6.45) is 3.68. The molecule has 0 bridgehead atoms. The van der Waals surface area contributed by atoms with E-state index in [-0.39, 0.29) is 0 Å². The normalized spacial score (nSPS) is 23.5. The molecule has 5 heteroatoms. The standard InChI is InChI=1S/C10H21N3O2/c11-10(12-15)2-1-5-13-6-3-9(8-13)4-7-14/h9,14-15H,1-8H2,(H2,11,12). The molecule has 0 amide bonds. The molecule has 1 rings (SSSR count). The average molecular weight is 215 g/mol. The molecule has 1 aliphatic rings. The van der Waals surface area contributed by atoms with Crippen molar-refractivity contribution in [1.82, 2.24) is 4.90 Å². The lowest BCUT2D eigenvalue weighted by Gasteiger charge is -2.15. The summed E-state index contributed by atoms with van der Waals surface area (Å²) < 4.78 is 0. The van der Waals surface area contributed by atoms with Crippen molar-refractivity contribution < 1.29 is 10.3 Å². The second-order valence-corrected chi connectivity index (χ2v) is 4.16. The Balaban J connectivity index is 2.08. The number of hydrogen-bond donors (Lipinski definition) is 3. The van der Waals surface area contributed by atoms with Gasteiger partial charge in [0.05, 0.1) is 0 Å². The lowest BCUT2D eigenvalue weighted by Crippen LogP contribution is -2.23. The van der Waals surface area contributed by atoms with Crippen LogP contribution in [0.1, 0.15) is 25.7 Å². The van der Waals surface area contributed by atoms with E-state index >= 15 is 0 Å². The Labute approximate surface area is 90.6 Å². The number of aliphatic hydroxyl groups is 1. The molecule has 0 radical (unpaired) electrons. The van der Waals surface area contributed by atoms with E-state index in [1.807, 2.05) is 0 Å². The summed E-state index contributed by atoms with van der Waals surface area (Å²) >= 11 is 0. The van der Waals surface area contributed by atoms with E-state index in [0.29, 0.717) is 24.8 Å². The second-order valence-electron chi connectivity index (χ2n) is 4.16. The third-order valence-corrected chi connectivity index (χ3v) is 2.94. The Morgan fingerprint density at radius 1 is 1.53 bits per heavy atom. The van der Waals surface area contributed by atoms with Gasteiger partial charge in [-0.1, -0.05) is 5.16 Å². The van der Waals surface area contributed by atoms with Crippen molar-refractivity contribution >= 4 is 5.84 Å². The van der Waals surface area contributed by atoms with Gasteiger partial charge in [0.25, 0.3) is 0 Å². The van der Waals surface area contributed by atoms with Gasteiger partial charge in [0.2, 0.25) is 0 Å². The molecule has 1 aliphatic heterocycles. The van der Waals surface area contributed by atoms with E-state index < -0.39 is 0 Å². The van der Waals surface area contributed by atoms with E-state index in [0.717, 1.165) is 32.5 Å². The van der Waals surface area contributed by atoms with Crippen molar-refractivity contribution in [1.29, 1.82) is 0 Å². The van der Waals surface area contributed by atoms with E-state index in [9.17, 15) is 0 Å². The van der Waals surface area contributed by atoms with Crippen LogP contribution in [0.3, 0.4) is 0 Å². The predicted molar refractivity (Wildman–Crippen MR) is 58.9 cm³/mol. The first kappa shape index (κ1) is 12.3. The summed E-state index contributed by atoms with van der Waals surface area (Å²) in [6.45, 7) is 3.48. The maximum atomic E-state index is 8.82. The number of hydrogen-bond acceptors (Lipinski definition) is 4. The summed E-state index contributed by atoms with van der Waals surface area (Å²) in [7, 11) is 0. The minimum Gasteiger partial charge on any atom is -0.409 e. The topological polar surface area (TPSA) is 82.1 Å². The molecule has 5 nitrogen and oxygen atoms in total. The van der Waals surface area contributed by atoms with Crippen LogP contribution in [0.15, 0.2) is 5.16 Å². The highest BCUT2D eigenvalue weighted by molar-refractivity contribution is 5.79. The number of aliphatic hydroxyl groups excluding tert-OH is 1. The van der Waals surface area contributed by atoms with Gasteiger partial charge in [-0.2, -0.15) is 0 Å². The van der Waals surface area contributed by atoms with E-state index in [1.165, 1.54) is 6.42 Å². The van der Waals surface area contributed by atoms with Gasteiger partial charge in [0.15, 0.2) is 0 Å². The number of amidine groups is 1. The molecular formula is C10H21N3O2. The smallest absolute Gasteiger partial charge is 0.139 e. The molecule has 1 atom stereocenters. The van der Waals surface area contributed by atoms with Crippen molar-refractivity contribution in [3.8, 4) is 0 Å². The van der Waals surface area contributed by atoms with Crippen LogP contribution in [0.5, 0.6) is 0 Å². The Morgan fingerprint density at radius 3 is 3.00 bits per heavy atom. The first-order valence-electron chi connectivity index (χ1n) is 5.56. The number of nitrogens with two attached hydrogens (primary N) is 1. The monoisotopic (exact) mass is 215 g/mol. The third kappa shape index (κ3) is 4.48. The molecule has 88 valence electrons. The Kier molecular flexibility index (Phi) is 5.42. The fourth-order valence-corrected chi connectivity index (χ4v) is 2.07. The summed E-state index contributed by atoms with van der Waals surface area (Å²) in [5.74, 6) is 0.958. The maximum absolute atomic E-state index is 8.82. The van der Waals surface area contributed by atoms with Crippen molar-refractivity contribution in [2.24, 2.45) is 16.8 Å². The van der Waals surface area contributed by atoms with Gasteiger partial charge in [0.1, 0.15) is 5.84 Å². The van der Waals surface area contributed by atoms with Crippen molar-refractivity contribution in [3.05, 3.63) is 0 Å². The average Bonchev–Trinajstić information content (AvgIpc) is 2.66. The second kappa shape index (κ2) is 6.63. The van der Waals surface area contributed by atoms with Crippen molar-refractivity contribution in [2.45, 2.75) is 25.7 Å². The van der Waals surface area contributed by atoms with Crippen molar-refractivity contribution in [2.75, 3.05) is 26.2 Å². The molecule has 0 spiro atoms. The minimum atomic E-state index is 0.294. The van der Waals surface area contributed by atoms with Crippen LogP contribution in [0.2, 0.25) is 0 Å². The molecule has 1 fully saturated rings. The molecule has 0 saturated carbocycles. The Hall–Kier alpha value is -0.810. The SMILES string of the molecule is NC(CCCN1CCC(CCO)C1)=NO. The van der Waals surface area contributed by atoms with Gasteiger partial charge in [-0.15, -0.1) is 0 Å². The van der Waals surface area contributed by atoms with Crippen LogP contribution < -0.4 is 5.73 Å². The van der Waals surface area contributed by atoms with Crippen LogP contribution in [0, 0.1) is 5.92 Å². The number of oxime groups is 1. The van der Waals surface area contributed by atoms with Gasteiger partial charge in [-0.25, -0.2) is 0 Å². The highest BCUT2D eigenvalue weighted by Gasteiger charge is 2.21. The molecule has 1 heterocycles. The summed E-state index contributed by atoms with van der Waals surface area (Å²) in [4.78, 5) is 2.38. The minimum absolute atomic E-state index is 0.294. The van der Waals surface area contributed by atoms with Gasteiger partial charge in [-0.3, -0.25) is 0 Å². The number of nitrogens with zero attached hydrogens (tertiary/aromatic N) is 2. The Morgan fingerprint density at radius 2 is 2.33 bits per heavy atom. The lowest BCUT2D eigenvalue weighted by atomic mass is 10.1. The maximum Gasteiger partial charge on any atom is 0.139 e. The molecule has 1 unspecified atom stereocenters. The number of rotatable bonds is 6. The molecule has 1 saturated heterocycles. The largest absolute Gasteiger partial charge is 0.409 e. The van der Waals surface area contributed by atoms with Gasteiger partial charge < -0.3 is 20.9 Å². The molecule has 0 aromatic heterocycles. The first-order chi connectivity index (χ1) is 7.26. The van der Waals surface area contributed by atoms with Crippen LogP contribution >= 0.6 is 0 Å². The molecular weight excluding hydrogens is 194 g/mol. The number of likely N-dealkylation sites (tertiary alicyclic amines) is 1. The summed E-state index contributed by atoms with van der Waals surface area (Å²) in [5, 5.41) is 20.1. The van der Waals surface area contributed by atoms with Crippen LogP contribution in [-0.4, -0.2) is 47.3 Å². The molecule has 0 aliphatic carbocycles. The lowest BCUT2D eigenvalue weighted by molar-refractivity contribution is 0.250. The van der Waals surface area contributed by atoms with E-state index in [1.54, 1.807) is 0 Å². The van der Waals surface area contributed by atoms with Gasteiger partial charge in [-0.05, 0) is 38.3 Å². The zero-order chi connectivity index (χ0) is 11.1. The molecule has 0 aromatic rings. The zero-order valence-corrected chi connectivity index (χ0v) is 9.10. The highest BCUT2D eigenvalue weighted by Crippen LogP contribution is 2.19. The van der Waals surface area contributed by atoms with Crippen molar-refractivity contribution in [3.63, 3.8) is 0 Å². The van der Waals surface area contributed by atoms with Crippen LogP contribution in [-0.2, 0) is 0 Å². The predicted octanol–water partition coefficient (Wildman–Crippen LogP) is 0.217. The van der Waals surface area contributed by atoms with Gasteiger partial charge >= 0.3 is 0 Å². The third-order valence-electron chi connectivity index (χ3n) is 2.94. The molecule has 0 aromatic carbocycles. The fraction of sp³-hybridized carbons (Fsp3) is 0.900. The van der Waals surface area contributed by atoms with Crippen LogP contribution in [0.4, 0.5) is 0 Å². The molecule has 15 heavy (non-hydrogen) atoms. The van der Waals surface area contributed by atoms with Gasteiger partial charge in [0, 0.05) is 19.6 Å². The Bertz CT molecular complexity index is 209. The zero-order valence-electron chi connectivity index (χ0n) is 9.10. The summed E-state index contributed by atoms with van der Waals surface area (Å²) in [6, 6.07) is 0. The van der Waals surface area contributed by atoms with E-state index in [2.05, 4.69) is 10.1 Å². The highest BCUT2D eigenvalue weighted by atomic mass is 16.4. The van der Waals surface area contributed by atoms with Crippen LogP contribution in [0.25, 0.3) is 0 Å². The quantitative estimate of drug-likeness (QED) is 0.256. The summed E-state index contributed by atoms with van der Waals surface area (Å²) in [5.41, 5.74) is 5.38. The first-order valence-corrected chi connectivity index (χ1v) is 5.56.